The quantitative estimate of drug-likeness (QED) is 0.535. The van der Waals surface area contributed by atoms with Crippen LogP contribution in [0.15, 0.2) is 41.7 Å². The fourth-order valence-corrected chi connectivity index (χ4v) is 2.11. The molecule has 0 aliphatic carbocycles. The van der Waals surface area contributed by atoms with Gasteiger partial charge in [-0.2, -0.15) is 0 Å². The minimum atomic E-state index is 0.246. The number of hydrogen-bond acceptors (Lipinski definition) is 4. The normalized spacial score (nSPS) is 11.4. The zero-order valence-electron chi connectivity index (χ0n) is 9.97. The molecule has 1 aromatic carbocycles. The van der Waals surface area contributed by atoms with Gasteiger partial charge in [0.05, 0.1) is 17.8 Å². The standard InChI is InChI=1S/C13H10Cl2N2O2/c1-19-10-6-5-8(11(14)12(10)15)13(17-18)9-4-2-3-7-16-9/h2-7,18H,1H3/b17-13-. The summed E-state index contributed by atoms with van der Waals surface area (Å²) >= 11 is 12.2. The molecule has 0 radical (unpaired) electrons. The lowest BCUT2D eigenvalue weighted by atomic mass is 10.1. The summed E-state index contributed by atoms with van der Waals surface area (Å²) < 4.78 is 5.07. The van der Waals surface area contributed by atoms with Crippen LogP contribution in [0.25, 0.3) is 0 Å². The Balaban J connectivity index is 2.55. The van der Waals surface area contributed by atoms with E-state index in [4.69, 9.17) is 27.9 Å². The third-order valence-corrected chi connectivity index (χ3v) is 3.39. The van der Waals surface area contributed by atoms with Gasteiger partial charge in [0.1, 0.15) is 16.5 Å². The molecule has 98 valence electrons. The highest BCUT2D eigenvalue weighted by Gasteiger charge is 2.17. The van der Waals surface area contributed by atoms with Crippen molar-refractivity contribution in [3.8, 4) is 5.75 Å². The number of methoxy groups -OCH3 is 1. The van der Waals surface area contributed by atoms with Crippen LogP contribution in [0.5, 0.6) is 5.75 Å². The van der Waals surface area contributed by atoms with Crippen LogP contribution in [-0.2, 0) is 0 Å². The van der Waals surface area contributed by atoms with E-state index in [-0.39, 0.29) is 15.8 Å². The Kier molecular flexibility index (Phi) is 4.24. The molecule has 0 fully saturated rings. The van der Waals surface area contributed by atoms with Gasteiger partial charge in [0, 0.05) is 11.8 Å². The summed E-state index contributed by atoms with van der Waals surface area (Å²) in [5.41, 5.74) is 1.22. The molecule has 19 heavy (non-hydrogen) atoms. The van der Waals surface area contributed by atoms with E-state index in [0.717, 1.165) is 0 Å². The lowest BCUT2D eigenvalue weighted by Gasteiger charge is -2.10. The van der Waals surface area contributed by atoms with Crippen molar-refractivity contribution in [2.75, 3.05) is 7.11 Å². The molecule has 1 N–H and O–H groups in total. The molecule has 2 rings (SSSR count). The van der Waals surface area contributed by atoms with Gasteiger partial charge in [0.15, 0.2) is 0 Å². The number of benzene rings is 1. The lowest BCUT2D eigenvalue weighted by Crippen LogP contribution is -2.07. The molecule has 6 heteroatoms. The van der Waals surface area contributed by atoms with Crippen molar-refractivity contribution in [3.05, 3.63) is 57.8 Å². The Bertz CT molecular complexity index is 616. The van der Waals surface area contributed by atoms with E-state index in [1.54, 1.807) is 36.5 Å². The molecule has 0 aliphatic rings. The van der Waals surface area contributed by atoms with Crippen molar-refractivity contribution in [3.63, 3.8) is 0 Å². The molecule has 0 saturated heterocycles. The van der Waals surface area contributed by atoms with Crippen molar-refractivity contribution >= 4 is 28.9 Å². The number of ether oxygens (including phenoxy) is 1. The summed E-state index contributed by atoms with van der Waals surface area (Å²) in [6.45, 7) is 0. The molecule has 0 bridgehead atoms. The predicted octanol–water partition coefficient (Wildman–Crippen LogP) is 3.62. The second-order valence-corrected chi connectivity index (χ2v) is 4.36. The first-order valence-corrected chi connectivity index (χ1v) is 6.10. The van der Waals surface area contributed by atoms with Crippen molar-refractivity contribution in [2.24, 2.45) is 5.16 Å². The van der Waals surface area contributed by atoms with E-state index in [2.05, 4.69) is 10.1 Å². The van der Waals surface area contributed by atoms with Crippen LogP contribution in [0.3, 0.4) is 0 Å². The fraction of sp³-hybridized carbons (Fsp3) is 0.0769. The Morgan fingerprint density at radius 3 is 2.58 bits per heavy atom. The first-order chi connectivity index (χ1) is 9.19. The maximum Gasteiger partial charge on any atom is 0.139 e. The molecule has 0 spiro atoms. The van der Waals surface area contributed by atoms with E-state index >= 15 is 0 Å². The number of nitrogens with zero attached hydrogens (tertiary/aromatic N) is 2. The number of oxime groups is 1. The summed E-state index contributed by atoms with van der Waals surface area (Å²) in [4.78, 5) is 4.12. The Labute approximate surface area is 120 Å². The topological polar surface area (TPSA) is 54.7 Å². The number of halogens is 2. The minimum absolute atomic E-state index is 0.246. The SMILES string of the molecule is COc1ccc(/C(=N/O)c2ccccn2)c(Cl)c1Cl. The van der Waals surface area contributed by atoms with Crippen LogP contribution in [-0.4, -0.2) is 23.0 Å². The number of hydrogen-bond donors (Lipinski definition) is 1. The van der Waals surface area contributed by atoms with Crippen LogP contribution in [0.1, 0.15) is 11.3 Å². The lowest BCUT2D eigenvalue weighted by molar-refractivity contribution is 0.319. The molecular formula is C13H10Cl2N2O2. The third kappa shape index (κ3) is 2.64. The van der Waals surface area contributed by atoms with Gasteiger partial charge >= 0.3 is 0 Å². The Hall–Kier alpha value is -1.78. The molecule has 0 saturated carbocycles. The van der Waals surface area contributed by atoms with Gasteiger partial charge in [-0.25, -0.2) is 0 Å². The maximum atomic E-state index is 9.19. The summed E-state index contributed by atoms with van der Waals surface area (Å²) in [6, 6.07) is 8.58. The van der Waals surface area contributed by atoms with Crippen molar-refractivity contribution < 1.29 is 9.94 Å². The van der Waals surface area contributed by atoms with Crippen LogP contribution in [0, 0.1) is 0 Å². The van der Waals surface area contributed by atoms with Gasteiger partial charge in [-0.1, -0.05) is 34.4 Å². The van der Waals surface area contributed by atoms with E-state index < -0.39 is 0 Å². The summed E-state index contributed by atoms with van der Waals surface area (Å²) in [5.74, 6) is 0.453. The number of aromatic nitrogens is 1. The van der Waals surface area contributed by atoms with Crippen LogP contribution in [0.4, 0.5) is 0 Å². The molecule has 0 unspecified atom stereocenters. The number of rotatable bonds is 3. The summed E-state index contributed by atoms with van der Waals surface area (Å²) in [5, 5.41) is 13.0. The monoisotopic (exact) mass is 296 g/mol. The van der Waals surface area contributed by atoms with Gasteiger partial charge in [-0.3, -0.25) is 4.98 Å². The molecule has 1 heterocycles. The molecular weight excluding hydrogens is 287 g/mol. The largest absolute Gasteiger partial charge is 0.495 e. The molecule has 0 amide bonds. The second-order valence-electron chi connectivity index (χ2n) is 3.61. The van der Waals surface area contributed by atoms with Gasteiger partial charge < -0.3 is 9.94 Å². The zero-order valence-corrected chi connectivity index (χ0v) is 11.5. The first kappa shape index (κ1) is 13.6. The third-order valence-electron chi connectivity index (χ3n) is 2.53. The average molecular weight is 297 g/mol. The highest BCUT2D eigenvalue weighted by Crippen LogP contribution is 2.35. The zero-order chi connectivity index (χ0) is 13.8. The smallest absolute Gasteiger partial charge is 0.139 e. The minimum Gasteiger partial charge on any atom is -0.495 e. The highest BCUT2D eigenvalue weighted by molar-refractivity contribution is 6.45. The van der Waals surface area contributed by atoms with Crippen molar-refractivity contribution in [1.29, 1.82) is 0 Å². The second kappa shape index (κ2) is 5.91. The van der Waals surface area contributed by atoms with Gasteiger partial charge in [-0.05, 0) is 24.3 Å². The summed E-state index contributed by atoms with van der Waals surface area (Å²) in [7, 11) is 1.50. The van der Waals surface area contributed by atoms with Crippen molar-refractivity contribution in [2.45, 2.75) is 0 Å². The Morgan fingerprint density at radius 1 is 1.21 bits per heavy atom. The highest BCUT2D eigenvalue weighted by atomic mass is 35.5. The predicted molar refractivity (Wildman–Crippen MR) is 74.7 cm³/mol. The molecule has 2 aromatic rings. The number of pyridine rings is 1. The van der Waals surface area contributed by atoms with E-state index in [1.165, 1.54) is 7.11 Å². The average Bonchev–Trinajstić information content (AvgIpc) is 2.45. The maximum absolute atomic E-state index is 9.19. The molecule has 1 aromatic heterocycles. The van der Waals surface area contributed by atoms with Crippen molar-refractivity contribution in [1.82, 2.24) is 4.98 Å². The van der Waals surface area contributed by atoms with E-state index in [1.807, 2.05) is 0 Å². The molecule has 0 aliphatic heterocycles. The van der Waals surface area contributed by atoms with Crippen LogP contribution >= 0.6 is 23.2 Å². The first-order valence-electron chi connectivity index (χ1n) is 5.35. The summed E-state index contributed by atoms with van der Waals surface area (Å²) in [6.07, 6.45) is 1.60. The van der Waals surface area contributed by atoms with E-state index in [0.29, 0.717) is 17.0 Å². The molecule has 4 nitrogen and oxygen atoms in total. The fourth-order valence-electron chi connectivity index (χ4n) is 1.62. The molecule has 0 atom stereocenters. The van der Waals surface area contributed by atoms with Gasteiger partial charge in [0.2, 0.25) is 0 Å². The Morgan fingerprint density at radius 2 is 2.00 bits per heavy atom. The van der Waals surface area contributed by atoms with E-state index in [9.17, 15) is 5.21 Å². The van der Waals surface area contributed by atoms with Crippen LogP contribution in [0.2, 0.25) is 10.0 Å². The van der Waals surface area contributed by atoms with Gasteiger partial charge in [0.25, 0.3) is 0 Å². The van der Waals surface area contributed by atoms with Crippen LogP contribution < -0.4 is 4.74 Å². The van der Waals surface area contributed by atoms with Gasteiger partial charge in [-0.15, -0.1) is 0 Å².